The number of allylic oxidation sites excluding steroid dienone is 1. The Balaban J connectivity index is -0.000000157. The lowest BCUT2D eigenvalue weighted by Gasteiger charge is -2.09. The molecule has 0 saturated carbocycles. The molecule has 0 aliphatic rings. The first-order chi connectivity index (χ1) is 14.7. The van der Waals surface area contributed by atoms with Gasteiger partial charge in [-0.05, 0) is 18.8 Å². The van der Waals surface area contributed by atoms with E-state index in [1.807, 2.05) is 0 Å². The van der Waals surface area contributed by atoms with E-state index in [4.69, 9.17) is 28.4 Å². The number of hydrogen-bond acceptors (Lipinski definition) is 6. The third-order valence-corrected chi connectivity index (χ3v) is 4.62. The average molecular weight is 453 g/mol. The number of ether oxygens (including phenoxy) is 6. The zero-order valence-corrected chi connectivity index (χ0v) is 22.9. The smallest absolute Gasteiger partial charge is 0.0911 e. The van der Waals surface area contributed by atoms with Crippen LogP contribution >= 0.6 is 0 Å². The van der Waals surface area contributed by atoms with Crippen LogP contribution in [0, 0.1) is 17.8 Å². The van der Waals surface area contributed by atoms with Gasteiger partial charge in [-0.15, -0.1) is 0 Å². The van der Waals surface area contributed by atoms with E-state index in [9.17, 15) is 0 Å². The van der Waals surface area contributed by atoms with Crippen molar-refractivity contribution in [1.29, 1.82) is 0 Å². The monoisotopic (exact) mass is 452 g/mol. The van der Waals surface area contributed by atoms with E-state index in [1.54, 1.807) is 42.7 Å². The summed E-state index contributed by atoms with van der Waals surface area (Å²) in [5, 5.41) is 0. The van der Waals surface area contributed by atoms with Crippen molar-refractivity contribution >= 4 is 0 Å². The Morgan fingerprint density at radius 2 is 1.03 bits per heavy atom. The Kier molecular flexibility index (Phi) is 38.3. The summed E-state index contributed by atoms with van der Waals surface area (Å²) in [6.45, 7) is 19.6. The maximum atomic E-state index is 5.01. The van der Waals surface area contributed by atoms with Crippen LogP contribution in [0.1, 0.15) is 60.8 Å². The van der Waals surface area contributed by atoms with Crippen LogP contribution in [0.5, 0.6) is 0 Å². The van der Waals surface area contributed by atoms with Crippen LogP contribution in [0.25, 0.3) is 0 Å². The number of methoxy groups -OCH3 is 6. The summed E-state index contributed by atoms with van der Waals surface area (Å²) in [6.07, 6.45) is 3.62. The molecule has 6 nitrogen and oxygen atoms in total. The predicted octanol–water partition coefficient (Wildman–Crippen LogP) is 5.84. The van der Waals surface area contributed by atoms with E-state index in [2.05, 4.69) is 48.1 Å². The zero-order valence-electron chi connectivity index (χ0n) is 22.9. The maximum Gasteiger partial charge on any atom is 0.0911 e. The van der Waals surface area contributed by atoms with Crippen LogP contribution in [0.3, 0.4) is 0 Å². The molecule has 0 bridgehead atoms. The lowest BCUT2D eigenvalue weighted by molar-refractivity contribution is 0.0265. The van der Waals surface area contributed by atoms with Crippen LogP contribution in [0.2, 0.25) is 0 Å². The molecular formula is C25H56O6. The molecule has 6 heteroatoms. The first-order valence-electron chi connectivity index (χ1n) is 11.4. The first-order valence-corrected chi connectivity index (χ1v) is 11.4. The highest BCUT2D eigenvalue weighted by atomic mass is 16.5. The van der Waals surface area contributed by atoms with E-state index < -0.39 is 0 Å². The highest BCUT2D eigenvalue weighted by molar-refractivity contribution is 4.86. The molecule has 0 aromatic carbocycles. The van der Waals surface area contributed by atoms with Gasteiger partial charge in [0.05, 0.1) is 38.8 Å². The van der Waals surface area contributed by atoms with Gasteiger partial charge in [-0.3, -0.25) is 0 Å². The molecule has 0 aliphatic carbocycles. The van der Waals surface area contributed by atoms with Crippen molar-refractivity contribution in [3.05, 3.63) is 12.3 Å². The summed E-state index contributed by atoms with van der Waals surface area (Å²) < 4.78 is 29.4. The van der Waals surface area contributed by atoms with E-state index in [-0.39, 0.29) is 6.10 Å². The Morgan fingerprint density at radius 1 is 0.613 bits per heavy atom. The van der Waals surface area contributed by atoms with Crippen LogP contribution in [0.15, 0.2) is 12.3 Å². The lowest BCUT2D eigenvalue weighted by Crippen LogP contribution is -2.15. The van der Waals surface area contributed by atoms with Gasteiger partial charge in [0.1, 0.15) is 0 Å². The quantitative estimate of drug-likeness (QED) is 0.308. The third-order valence-electron chi connectivity index (χ3n) is 4.62. The second kappa shape index (κ2) is 31.5. The fourth-order valence-electron chi connectivity index (χ4n) is 1.99. The highest BCUT2D eigenvalue weighted by Crippen LogP contribution is 2.11. The Hall–Kier alpha value is -0.660. The molecule has 0 aromatic rings. The van der Waals surface area contributed by atoms with Crippen molar-refractivity contribution in [2.75, 3.05) is 69.1 Å². The lowest BCUT2D eigenvalue weighted by atomic mass is 10.1. The van der Waals surface area contributed by atoms with E-state index in [0.29, 0.717) is 18.4 Å². The summed E-state index contributed by atoms with van der Waals surface area (Å²) in [4.78, 5) is 0. The summed E-state index contributed by atoms with van der Waals surface area (Å²) in [5.74, 6) is 2.63. The van der Waals surface area contributed by atoms with Crippen molar-refractivity contribution in [2.45, 2.75) is 66.9 Å². The predicted molar refractivity (Wildman–Crippen MR) is 133 cm³/mol. The zero-order chi connectivity index (χ0) is 25.1. The van der Waals surface area contributed by atoms with Crippen molar-refractivity contribution in [3.8, 4) is 0 Å². The first kappa shape index (κ1) is 37.6. The van der Waals surface area contributed by atoms with Gasteiger partial charge < -0.3 is 28.4 Å². The molecule has 0 heterocycles. The van der Waals surface area contributed by atoms with Gasteiger partial charge in [0.15, 0.2) is 0 Å². The molecule has 0 aliphatic heterocycles. The Labute approximate surface area is 195 Å². The van der Waals surface area contributed by atoms with Crippen molar-refractivity contribution in [1.82, 2.24) is 0 Å². The van der Waals surface area contributed by atoms with E-state index in [1.165, 1.54) is 6.42 Å². The Bertz CT molecular complexity index is 315. The van der Waals surface area contributed by atoms with Crippen LogP contribution in [-0.4, -0.2) is 75.2 Å². The molecule has 0 fully saturated rings. The summed E-state index contributed by atoms with van der Waals surface area (Å²) in [6, 6.07) is 0. The third kappa shape index (κ3) is 34.2. The van der Waals surface area contributed by atoms with Gasteiger partial charge in [-0.2, -0.15) is 0 Å². The minimum atomic E-state index is 0.278. The molecule has 0 N–H and O–H groups in total. The topological polar surface area (TPSA) is 55.4 Å². The highest BCUT2D eigenvalue weighted by Gasteiger charge is 2.01. The SMILES string of the molecule is C=C(OC)C(C)CC.CCC(C)COC.CCC(COC)OC.COCC(C)COC. The second-order valence-corrected chi connectivity index (χ2v) is 7.69. The fraction of sp³-hybridized carbons (Fsp3) is 0.920. The molecule has 0 aromatic heterocycles. The average Bonchev–Trinajstić information content (AvgIpc) is 2.78. The van der Waals surface area contributed by atoms with Gasteiger partial charge in [-0.1, -0.05) is 54.5 Å². The van der Waals surface area contributed by atoms with E-state index >= 15 is 0 Å². The van der Waals surface area contributed by atoms with Crippen LogP contribution in [-0.2, 0) is 28.4 Å². The van der Waals surface area contributed by atoms with Gasteiger partial charge in [0.2, 0.25) is 0 Å². The molecule has 192 valence electrons. The summed E-state index contributed by atoms with van der Waals surface area (Å²) >= 11 is 0. The molecular weight excluding hydrogens is 396 g/mol. The van der Waals surface area contributed by atoms with Crippen molar-refractivity contribution in [2.24, 2.45) is 17.8 Å². The largest absolute Gasteiger partial charge is 0.501 e. The summed E-state index contributed by atoms with van der Waals surface area (Å²) in [5.41, 5.74) is 0. The van der Waals surface area contributed by atoms with Gasteiger partial charge >= 0.3 is 0 Å². The normalized spacial score (nSPS) is 12.8. The minimum absolute atomic E-state index is 0.278. The van der Waals surface area contributed by atoms with Gasteiger partial charge in [-0.25, -0.2) is 0 Å². The molecule has 0 rings (SSSR count). The molecule has 0 radical (unpaired) electrons. The molecule has 0 saturated heterocycles. The molecule has 3 unspecified atom stereocenters. The number of rotatable bonds is 14. The number of hydrogen-bond donors (Lipinski definition) is 0. The molecule has 3 atom stereocenters. The summed E-state index contributed by atoms with van der Waals surface area (Å²) in [7, 11) is 10.2. The fourth-order valence-corrected chi connectivity index (χ4v) is 1.99. The van der Waals surface area contributed by atoms with Crippen LogP contribution in [0.4, 0.5) is 0 Å². The second-order valence-electron chi connectivity index (χ2n) is 7.69. The molecule has 0 amide bonds. The molecule has 0 spiro atoms. The van der Waals surface area contributed by atoms with Gasteiger partial charge in [0.25, 0.3) is 0 Å². The van der Waals surface area contributed by atoms with Gasteiger partial charge in [0, 0.05) is 54.0 Å². The van der Waals surface area contributed by atoms with Crippen molar-refractivity contribution < 1.29 is 28.4 Å². The van der Waals surface area contributed by atoms with Crippen LogP contribution < -0.4 is 0 Å². The van der Waals surface area contributed by atoms with Crippen molar-refractivity contribution in [3.63, 3.8) is 0 Å². The van der Waals surface area contributed by atoms with E-state index in [0.717, 1.165) is 44.3 Å². The minimum Gasteiger partial charge on any atom is -0.501 e. The Morgan fingerprint density at radius 3 is 1.19 bits per heavy atom. The maximum absolute atomic E-state index is 5.01. The standard InChI is InChI=1S/C7H14O.2C6H14O2.C6H14O/c1-5-6(2)7(3)8-4;1-6(4-7-2)5-8-3;1-4-6(8-3)5-7-2;1-4-6(2)5-7-3/h6H,3,5H2,1-2,4H3;2*6H,4-5H2,1-3H3;6H,4-5H2,1-3H3. The molecule has 31 heavy (non-hydrogen) atoms.